The maximum absolute atomic E-state index is 13.3. The first kappa shape index (κ1) is 13.2. The molecule has 1 N–H and O–H groups in total. The van der Waals surface area contributed by atoms with E-state index in [4.69, 9.17) is 0 Å². The van der Waals surface area contributed by atoms with Crippen LogP contribution in [0.5, 0.6) is 0 Å². The van der Waals surface area contributed by atoms with Crippen molar-refractivity contribution in [2.75, 3.05) is 5.32 Å². The largest absolute Gasteiger partial charge is 0.335 e. The summed E-state index contributed by atoms with van der Waals surface area (Å²) in [6.45, 7) is 0. The van der Waals surface area contributed by atoms with E-state index in [1.807, 2.05) is 5.32 Å². The first-order chi connectivity index (χ1) is 8.88. The van der Waals surface area contributed by atoms with Crippen molar-refractivity contribution in [3.63, 3.8) is 0 Å². The van der Waals surface area contributed by atoms with E-state index in [1.54, 1.807) is 0 Å². The molecule has 0 bridgehead atoms. The summed E-state index contributed by atoms with van der Waals surface area (Å²) in [4.78, 5) is 2.83. The minimum Gasteiger partial charge on any atom is -0.335 e. The number of anilines is 2. The maximum Gasteiger partial charge on any atom is 0.251 e. The Labute approximate surface area is 102 Å². The van der Waals surface area contributed by atoms with Crippen LogP contribution in [0.1, 0.15) is 0 Å². The molecule has 2 aromatic rings. The summed E-state index contributed by atoms with van der Waals surface area (Å²) in [5.41, 5.74) is -0.796. The molecule has 19 heavy (non-hydrogen) atoms. The number of hydrogen-bond donors (Lipinski definition) is 1. The SMILES string of the molecule is Fc1cc(F)c(F)c(Nc2nc(F)c(F)cc2F)c1. The fourth-order valence-electron chi connectivity index (χ4n) is 1.31. The highest BCUT2D eigenvalue weighted by atomic mass is 19.2. The van der Waals surface area contributed by atoms with E-state index < -0.39 is 46.5 Å². The van der Waals surface area contributed by atoms with Gasteiger partial charge in [-0.15, -0.1) is 0 Å². The molecule has 0 spiro atoms. The van der Waals surface area contributed by atoms with Crippen molar-refractivity contribution >= 4 is 11.5 Å². The van der Waals surface area contributed by atoms with E-state index in [0.29, 0.717) is 6.07 Å². The van der Waals surface area contributed by atoms with E-state index in [1.165, 1.54) is 0 Å². The lowest BCUT2D eigenvalue weighted by molar-refractivity contribution is 0.466. The first-order valence-corrected chi connectivity index (χ1v) is 4.81. The standard InChI is InChI=1S/C11H4F6N2/c12-4-1-5(13)9(16)8(2-4)18-11-7(15)3-6(14)10(17)19-11/h1-3H,(H,18,19). The van der Waals surface area contributed by atoms with Gasteiger partial charge in [0.1, 0.15) is 5.82 Å². The third-order valence-corrected chi connectivity index (χ3v) is 2.13. The quantitative estimate of drug-likeness (QED) is 0.515. The van der Waals surface area contributed by atoms with Crippen molar-refractivity contribution in [1.29, 1.82) is 0 Å². The molecule has 8 heteroatoms. The minimum absolute atomic E-state index is 0.165. The first-order valence-electron chi connectivity index (χ1n) is 4.81. The Morgan fingerprint density at radius 1 is 0.789 bits per heavy atom. The summed E-state index contributed by atoms with van der Waals surface area (Å²) in [6.07, 6.45) is 0. The third-order valence-electron chi connectivity index (χ3n) is 2.13. The van der Waals surface area contributed by atoms with Crippen LogP contribution in [0.4, 0.5) is 37.8 Å². The second-order valence-corrected chi connectivity index (χ2v) is 3.47. The van der Waals surface area contributed by atoms with Crippen LogP contribution in [-0.2, 0) is 0 Å². The van der Waals surface area contributed by atoms with Gasteiger partial charge in [-0.2, -0.15) is 9.37 Å². The monoisotopic (exact) mass is 278 g/mol. The number of halogens is 6. The Bertz CT molecular complexity index is 644. The molecule has 0 atom stereocenters. The number of nitrogens with one attached hydrogen (secondary N) is 1. The van der Waals surface area contributed by atoms with E-state index in [2.05, 4.69) is 4.98 Å². The van der Waals surface area contributed by atoms with Gasteiger partial charge in [-0.3, -0.25) is 0 Å². The molecule has 100 valence electrons. The van der Waals surface area contributed by atoms with Crippen LogP contribution in [0.2, 0.25) is 0 Å². The molecule has 1 heterocycles. The van der Waals surface area contributed by atoms with Gasteiger partial charge in [0, 0.05) is 18.2 Å². The van der Waals surface area contributed by atoms with Crippen LogP contribution in [0, 0.1) is 35.0 Å². The van der Waals surface area contributed by atoms with Crippen LogP contribution < -0.4 is 5.32 Å². The normalized spacial score (nSPS) is 10.6. The zero-order valence-corrected chi connectivity index (χ0v) is 8.95. The summed E-state index contributed by atoms with van der Waals surface area (Å²) >= 11 is 0. The molecule has 0 amide bonds. The molecule has 1 aromatic heterocycles. The molecule has 0 aliphatic heterocycles. The predicted molar refractivity (Wildman–Crippen MR) is 53.7 cm³/mol. The smallest absolute Gasteiger partial charge is 0.251 e. The number of benzene rings is 1. The Kier molecular flexibility index (Phi) is 3.32. The van der Waals surface area contributed by atoms with Gasteiger partial charge in [-0.05, 0) is 0 Å². The molecule has 2 rings (SSSR count). The topological polar surface area (TPSA) is 24.9 Å². The number of aromatic nitrogens is 1. The van der Waals surface area contributed by atoms with E-state index in [-0.39, 0.29) is 12.1 Å². The molecule has 2 nitrogen and oxygen atoms in total. The Hall–Kier alpha value is -2.25. The molecule has 0 saturated carbocycles. The van der Waals surface area contributed by atoms with Crippen LogP contribution in [-0.4, -0.2) is 4.98 Å². The van der Waals surface area contributed by atoms with Crippen LogP contribution in [0.25, 0.3) is 0 Å². The van der Waals surface area contributed by atoms with Crippen molar-refractivity contribution in [3.05, 3.63) is 53.2 Å². The highest BCUT2D eigenvalue weighted by Crippen LogP contribution is 2.24. The molecular weight excluding hydrogens is 274 g/mol. The highest BCUT2D eigenvalue weighted by molar-refractivity contribution is 5.57. The van der Waals surface area contributed by atoms with Crippen molar-refractivity contribution in [3.8, 4) is 0 Å². The van der Waals surface area contributed by atoms with Crippen LogP contribution in [0.3, 0.4) is 0 Å². The Balaban J connectivity index is 2.44. The summed E-state index contributed by atoms with van der Waals surface area (Å²) in [6, 6.07) is 0.953. The fourth-order valence-corrected chi connectivity index (χ4v) is 1.31. The van der Waals surface area contributed by atoms with E-state index in [0.717, 1.165) is 0 Å². The lowest BCUT2D eigenvalue weighted by Crippen LogP contribution is -2.04. The van der Waals surface area contributed by atoms with Crippen LogP contribution >= 0.6 is 0 Å². The molecule has 0 aliphatic carbocycles. The van der Waals surface area contributed by atoms with Gasteiger partial charge in [0.15, 0.2) is 29.1 Å². The number of nitrogens with zero attached hydrogens (tertiary/aromatic N) is 1. The second-order valence-electron chi connectivity index (χ2n) is 3.47. The summed E-state index contributed by atoms with van der Waals surface area (Å²) in [5, 5.41) is 1.84. The summed E-state index contributed by atoms with van der Waals surface area (Å²) in [7, 11) is 0. The average molecular weight is 278 g/mol. The van der Waals surface area contributed by atoms with Gasteiger partial charge in [-0.1, -0.05) is 0 Å². The molecule has 1 aromatic carbocycles. The Morgan fingerprint density at radius 2 is 1.47 bits per heavy atom. The van der Waals surface area contributed by atoms with Crippen LogP contribution in [0.15, 0.2) is 18.2 Å². The van der Waals surface area contributed by atoms with Crippen molar-refractivity contribution in [2.24, 2.45) is 0 Å². The molecule has 0 fully saturated rings. The lowest BCUT2D eigenvalue weighted by atomic mass is 10.2. The average Bonchev–Trinajstić information content (AvgIpc) is 2.32. The lowest BCUT2D eigenvalue weighted by Gasteiger charge is -2.08. The van der Waals surface area contributed by atoms with Gasteiger partial charge in [0.2, 0.25) is 0 Å². The fraction of sp³-hybridized carbons (Fsp3) is 0. The minimum atomic E-state index is -1.64. The van der Waals surface area contributed by atoms with Gasteiger partial charge < -0.3 is 5.32 Å². The van der Waals surface area contributed by atoms with Crippen molar-refractivity contribution < 1.29 is 26.3 Å². The van der Waals surface area contributed by atoms with Gasteiger partial charge in [0.25, 0.3) is 5.95 Å². The summed E-state index contributed by atoms with van der Waals surface area (Å²) in [5.74, 6) is -9.59. The highest BCUT2D eigenvalue weighted by Gasteiger charge is 2.16. The molecular formula is C11H4F6N2. The molecule has 0 aliphatic rings. The van der Waals surface area contributed by atoms with Gasteiger partial charge >= 0.3 is 0 Å². The third kappa shape index (κ3) is 2.61. The zero-order chi connectivity index (χ0) is 14.2. The molecule has 0 saturated heterocycles. The molecule has 0 radical (unpaired) electrons. The predicted octanol–water partition coefficient (Wildman–Crippen LogP) is 3.66. The van der Waals surface area contributed by atoms with Gasteiger partial charge in [-0.25, -0.2) is 22.0 Å². The van der Waals surface area contributed by atoms with E-state index >= 15 is 0 Å². The number of rotatable bonds is 2. The van der Waals surface area contributed by atoms with Gasteiger partial charge in [0.05, 0.1) is 5.69 Å². The molecule has 0 unspecified atom stereocenters. The zero-order valence-electron chi connectivity index (χ0n) is 8.95. The number of hydrogen-bond acceptors (Lipinski definition) is 2. The maximum atomic E-state index is 13.3. The van der Waals surface area contributed by atoms with Crippen molar-refractivity contribution in [1.82, 2.24) is 4.98 Å². The van der Waals surface area contributed by atoms with E-state index in [9.17, 15) is 26.3 Å². The summed E-state index contributed by atoms with van der Waals surface area (Å²) < 4.78 is 77.6. The number of pyridine rings is 1. The second kappa shape index (κ2) is 4.79. The van der Waals surface area contributed by atoms with Crippen molar-refractivity contribution in [2.45, 2.75) is 0 Å². The Morgan fingerprint density at radius 3 is 2.16 bits per heavy atom.